The number of nitrogens with zero attached hydrogens (tertiary/aromatic N) is 1. The van der Waals surface area contributed by atoms with Crippen LogP contribution in [0.15, 0.2) is 18.2 Å². The van der Waals surface area contributed by atoms with Gasteiger partial charge < -0.3 is 15.2 Å². The second kappa shape index (κ2) is 6.84. The third-order valence-electron chi connectivity index (χ3n) is 3.35. The molecule has 106 valence electrons. The highest BCUT2D eigenvalue weighted by Gasteiger charge is 2.19. The number of halogens is 1. The summed E-state index contributed by atoms with van der Waals surface area (Å²) >= 11 is 0. The summed E-state index contributed by atoms with van der Waals surface area (Å²) in [7, 11) is 0. The topological polar surface area (TPSA) is 47.7 Å². The molecule has 1 aromatic carbocycles. The first kappa shape index (κ1) is 14.2. The van der Waals surface area contributed by atoms with Crippen LogP contribution in [0.1, 0.15) is 12.5 Å². The maximum absolute atomic E-state index is 13.5. The molecule has 0 saturated carbocycles. The fourth-order valence-corrected chi connectivity index (χ4v) is 2.14. The van der Waals surface area contributed by atoms with Gasteiger partial charge in [-0.15, -0.1) is 0 Å². The Labute approximate surface area is 113 Å². The smallest absolute Gasteiger partial charge is 0.131 e. The van der Waals surface area contributed by atoms with Crippen LogP contribution in [-0.4, -0.2) is 43.9 Å². The van der Waals surface area contributed by atoms with Gasteiger partial charge in [0.05, 0.1) is 6.61 Å². The monoisotopic (exact) mass is 268 g/mol. The molecule has 1 heterocycles. The Bertz CT molecular complexity index is 414. The van der Waals surface area contributed by atoms with E-state index in [9.17, 15) is 4.39 Å². The molecule has 1 fully saturated rings. The van der Waals surface area contributed by atoms with E-state index in [1.807, 2.05) is 0 Å². The third-order valence-corrected chi connectivity index (χ3v) is 3.35. The van der Waals surface area contributed by atoms with Gasteiger partial charge in [-0.25, -0.2) is 4.39 Å². The molecule has 2 rings (SSSR count). The van der Waals surface area contributed by atoms with Crippen LogP contribution in [-0.2, 0) is 11.3 Å². The van der Waals surface area contributed by atoms with Crippen LogP contribution in [0.2, 0.25) is 0 Å². The SMILES string of the molecule is CCN1CCOC(COc2ccc(CN)c(F)c2)C1. The van der Waals surface area contributed by atoms with Crippen molar-refractivity contribution in [2.75, 3.05) is 32.8 Å². The van der Waals surface area contributed by atoms with Crippen molar-refractivity contribution in [2.24, 2.45) is 5.73 Å². The molecule has 5 heteroatoms. The second-order valence-corrected chi connectivity index (χ2v) is 4.65. The molecule has 1 aliphatic heterocycles. The molecule has 1 atom stereocenters. The minimum absolute atomic E-state index is 0.0472. The summed E-state index contributed by atoms with van der Waals surface area (Å²) in [6, 6.07) is 4.78. The highest BCUT2D eigenvalue weighted by molar-refractivity contribution is 5.28. The van der Waals surface area contributed by atoms with E-state index in [0.29, 0.717) is 17.9 Å². The summed E-state index contributed by atoms with van der Waals surface area (Å²) in [6.45, 7) is 6.33. The van der Waals surface area contributed by atoms with Gasteiger partial charge in [-0.05, 0) is 12.6 Å². The quantitative estimate of drug-likeness (QED) is 0.876. The van der Waals surface area contributed by atoms with Crippen molar-refractivity contribution in [3.8, 4) is 5.75 Å². The largest absolute Gasteiger partial charge is 0.491 e. The normalized spacial score (nSPS) is 20.5. The van der Waals surface area contributed by atoms with Gasteiger partial charge in [0.25, 0.3) is 0 Å². The second-order valence-electron chi connectivity index (χ2n) is 4.65. The van der Waals surface area contributed by atoms with Gasteiger partial charge in [0.2, 0.25) is 0 Å². The first-order valence-corrected chi connectivity index (χ1v) is 6.68. The summed E-state index contributed by atoms with van der Waals surface area (Å²) in [5.41, 5.74) is 5.91. The van der Waals surface area contributed by atoms with E-state index in [-0.39, 0.29) is 18.5 Å². The van der Waals surface area contributed by atoms with Crippen molar-refractivity contribution in [3.05, 3.63) is 29.6 Å². The Morgan fingerprint density at radius 2 is 2.37 bits per heavy atom. The van der Waals surface area contributed by atoms with Gasteiger partial charge in [0, 0.05) is 31.3 Å². The highest BCUT2D eigenvalue weighted by atomic mass is 19.1. The van der Waals surface area contributed by atoms with Gasteiger partial charge in [0.15, 0.2) is 0 Å². The minimum atomic E-state index is -0.320. The number of likely N-dealkylation sites (N-methyl/N-ethyl adjacent to an activating group) is 1. The van der Waals surface area contributed by atoms with Crippen LogP contribution >= 0.6 is 0 Å². The maximum atomic E-state index is 13.5. The van der Waals surface area contributed by atoms with Crippen LogP contribution in [0.4, 0.5) is 4.39 Å². The molecule has 1 aliphatic rings. The molecule has 0 bridgehead atoms. The van der Waals surface area contributed by atoms with Crippen molar-refractivity contribution in [2.45, 2.75) is 19.6 Å². The van der Waals surface area contributed by atoms with E-state index in [0.717, 1.165) is 26.2 Å². The molecule has 4 nitrogen and oxygen atoms in total. The molecule has 0 radical (unpaired) electrons. The summed E-state index contributed by atoms with van der Waals surface area (Å²) in [5, 5.41) is 0. The zero-order valence-corrected chi connectivity index (χ0v) is 11.3. The van der Waals surface area contributed by atoms with Crippen molar-refractivity contribution < 1.29 is 13.9 Å². The van der Waals surface area contributed by atoms with E-state index in [1.54, 1.807) is 12.1 Å². The molecule has 0 aromatic heterocycles. The Hall–Kier alpha value is -1.17. The lowest BCUT2D eigenvalue weighted by Crippen LogP contribution is -2.44. The number of hydrogen-bond donors (Lipinski definition) is 1. The highest BCUT2D eigenvalue weighted by Crippen LogP contribution is 2.17. The lowest BCUT2D eigenvalue weighted by molar-refractivity contribution is -0.0464. The zero-order valence-electron chi connectivity index (χ0n) is 11.3. The summed E-state index contributed by atoms with van der Waals surface area (Å²) in [5.74, 6) is 0.201. The van der Waals surface area contributed by atoms with E-state index in [1.165, 1.54) is 6.07 Å². The van der Waals surface area contributed by atoms with Crippen molar-refractivity contribution >= 4 is 0 Å². The van der Waals surface area contributed by atoms with Crippen molar-refractivity contribution in [1.82, 2.24) is 4.90 Å². The Balaban J connectivity index is 1.86. The summed E-state index contributed by atoms with van der Waals surface area (Å²) in [4.78, 5) is 2.32. The van der Waals surface area contributed by atoms with Crippen LogP contribution in [0.3, 0.4) is 0 Å². The van der Waals surface area contributed by atoms with E-state index >= 15 is 0 Å². The predicted octanol–water partition coefficient (Wildman–Crippen LogP) is 1.38. The fraction of sp³-hybridized carbons (Fsp3) is 0.571. The fourth-order valence-electron chi connectivity index (χ4n) is 2.14. The van der Waals surface area contributed by atoms with E-state index in [4.69, 9.17) is 15.2 Å². The Morgan fingerprint density at radius 1 is 1.53 bits per heavy atom. The molecule has 0 aliphatic carbocycles. The van der Waals surface area contributed by atoms with Crippen molar-refractivity contribution in [3.63, 3.8) is 0 Å². The zero-order chi connectivity index (χ0) is 13.7. The lowest BCUT2D eigenvalue weighted by atomic mass is 10.2. The van der Waals surface area contributed by atoms with Gasteiger partial charge in [-0.3, -0.25) is 4.90 Å². The number of nitrogens with two attached hydrogens (primary N) is 1. The van der Waals surface area contributed by atoms with Gasteiger partial charge in [-0.2, -0.15) is 0 Å². The van der Waals surface area contributed by atoms with Gasteiger partial charge in [-0.1, -0.05) is 13.0 Å². The molecular weight excluding hydrogens is 247 g/mol. The summed E-state index contributed by atoms with van der Waals surface area (Å²) < 4.78 is 24.7. The number of rotatable bonds is 5. The molecule has 1 unspecified atom stereocenters. The molecule has 0 spiro atoms. The molecule has 1 saturated heterocycles. The van der Waals surface area contributed by atoms with Crippen LogP contribution < -0.4 is 10.5 Å². The van der Waals surface area contributed by atoms with E-state index in [2.05, 4.69) is 11.8 Å². The standard InChI is InChI=1S/C14H21FN2O2/c1-2-17-5-6-18-13(9-17)10-19-12-4-3-11(8-16)14(15)7-12/h3-4,7,13H,2,5-6,8-10,16H2,1H3. The first-order chi connectivity index (χ1) is 9.22. The molecule has 1 aromatic rings. The van der Waals surface area contributed by atoms with Crippen LogP contribution in [0.5, 0.6) is 5.75 Å². The third kappa shape index (κ3) is 3.89. The average Bonchev–Trinajstić information content (AvgIpc) is 2.45. The average molecular weight is 268 g/mol. The molecular formula is C14H21FN2O2. The molecule has 2 N–H and O–H groups in total. The van der Waals surface area contributed by atoms with E-state index < -0.39 is 0 Å². The number of benzene rings is 1. The molecule has 0 amide bonds. The Morgan fingerprint density at radius 3 is 3.05 bits per heavy atom. The minimum Gasteiger partial charge on any atom is -0.491 e. The van der Waals surface area contributed by atoms with Gasteiger partial charge >= 0.3 is 0 Å². The first-order valence-electron chi connectivity index (χ1n) is 6.68. The molecule has 19 heavy (non-hydrogen) atoms. The predicted molar refractivity (Wildman–Crippen MR) is 71.6 cm³/mol. The van der Waals surface area contributed by atoms with Crippen molar-refractivity contribution in [1.29, 1.82) is 0 Å². The number of hydrogen-bond acceptors (Lipinski definition) is 4. The van der Waals surface area contributed by atoms with Crippen LogP contribution in [0.25, 0.3) is 0 Å². The number of morpholine rings is 1. The summed E-state index contributed by atoms with van der Waals surface area (Å²) in [6.07, 6.45) is 0.0472. The maximum Gasteiger partial charge on any atom is 0.131 e. The Kier molecular flexibility index (Phi) is 5.13. The van der Waals surface area contributed by atoms with Gasteiger partial charge in [0.1, 0.15) is 24.3 Å². The number of ether oxygens (including phenoxy) is 2. The lowest BCUT2D eigenvalue weighted by Gasteiger charge is -2.31. The van der Waals surface area contributed by atoms with Crippen LogP contribution in [0, 0.1) is 5.82 Å².